The number of rotatable bonds is 5. The first-order chi connectivity index (χ1) is 9.08. The average molecular weight is 332 g/mol. The number of nitrogens with one attached hydrogen (secondary N) is 1. The van der Waals surface area contributed by atoms with Gasteiger partial charge in [0.25, 0.3) is 0 Å². The third-order valence-electron chi connectivity index (χ3n) is 2.54. The predicted molar refractivity (Wildman–Crippen MR) is 68.5 cm³/mol. The Morgan fingerprint density at radius 3 is 2.84 bits per heavy atom. The van der Waals surface area contributed by atoms with Crippen LogP contribution in [0.1, 0.15) is 17.3 Å². The zero-order valence-electron chi connectivity index (χ0n) is 10.2. The Kier molecular flexibility index (Phi) is 4.60. The summed E-state index contributed by atoms with van der Waals surface area (Å²) in [6, 6.07) is 2.57. The van der Waals surface area contributed by atoms with Crippen molar-refractivity contribution in [1.29, 1.82) is 0 Å². The quantitative estimate of drug-likeness (QED) is 0.676. The van der Waals surface area contributed by atoms with Crippen molar-refractivity contribution in [2.24, 2.45) is 0 Å². The molecule has 0 unspecified atom stereocenters. The van der Waals surface area contributed by atoms with E-state index in [-0.39, 0.29) is 16.6 Å². The third kappa shape index (κ3) is 3.57. The summed E-state index contributed by atoms with van der Waals surface area (Å²) in [4.78, 5) is 4.03. The molecule has 0 fully saturated rings. The van der Waals surface area contributed by atoms with Crippen LogP contribution in [0.4, 0.5) is 8.78 Å². The fourth-order valence-electron chi connectivity index (χ4n) is 1.59. The van der Waals surface area contributed by atoms with Gasteiger partial charge >= 0.3 is 0 Å². The normalized spacial score (nSPS) is 10.9. The lowest BCUT2D eigenvalue weighted by atomic mass is 10.2. The Hall–Kier alpha value is -1.34. The van der Waals surface area contributed by atoms with E-state index in [1.807, 2.05) is 0 Å². The van der Waals surface area contributed by atoms with E-state index in [4.69, 9.17) is 4.52 Å². The van der Waals surface area contributed by atoms with E-state index in [0.717, 1.165) is 0 Å². The van der Waals surface area contributed by atoms with Crippen LogP contribution in [-0.4, -0.2) is 16.7 Å². The highest BCUT2D eigenvalue weighted by atomic mass is 79.9. The van der Waals surface area contributed by atoms with E-state index in [1.165, 1.54) is 12.1 Å². The molecule has 0 bridgehead atoms. The first-order valence-corrected chi connectivity index (χ1v) is 6.49. The van der Waals surface area contributed by atoms with Gasteiger partial charge in [0.2, 0.25) is 5.89 Å². The standard InChI is InChI=1S/C12H12BrF2N3O/c1-7-17-11(18-19-7)4-5-16-6-8-10(14)3-2-9(13)12(8)15/h2-3,16H,4-6H2,1H3. The summed E-state index contributed by atoms with van der Waals surface area (Å²) in [6.45, 7) is 2.31. The Bertz CT molecular complexity index is 574. The predicted octanol–water partition coefficient (Wildman–Crippen LogP) is 2.75. The van der Waals surface area contributed by atoms with E-state index in [1.54, 1.807) is 6.92 Å². The second kappa shape index (κ2) is 6.21. The lowest BCUT2D eigenvalue weighted by molar-refractivity contribution is 0.387. The van der Waals surface area contributed by atoms with Crippen molar-refractivity contribution < 1.29 is 13.3 Å². The molecule has 0 spiro atoms. The van der Waals surface area contributed by atoms with Crippen molar-refractivity contribution in [3.8, 4) is 0 Å². The minimum atomic E-state index is -0.581. The van der Waals surface area contributed by atoms with Crippen molar-refractivity contribution in [3.05, 3.63) is 45.5 Å². The number of hydrogen-bond donors (Lipinski definition) is 1. The van der Waals surface area contributed by atoms with E-state index >= 15 is 0 Å². The number of benzene rings is 1. The maximum Gasteiger partial charge on any atom is 0.223 e. The van der Waals surface area contributed by atoms with Gasteiger partial charge in [-0.2, -0.15) is 4.98 Å². The minimum absolute atomic E-state index is 0.0127. The van der Waals surface area contributed by atoms with Gasteiger partial charge in [-0.25, -0.2) is 8.78 Å². The van der Waals surface area contributed by atoms with Crippen molar-refractivity contribution in [2.45, 2.75) is 19.9 Å². The number of nitrogens with zero attached hydrogens (tertiary/aromatic N) is 2. The van der Waals surface area contributed by atoms with Crippen molar-refractivity contribution >= 4 is 15.9 Å². The molecule has 0 aliphatic rings. The summed E-state index contributed by atoms with van der Waals surface area (Å²) in [5, 5.41) is 6.67. The molecule has 0 aliphatic carbocycles. The molecule has 1 aromatic heterocycles. The van der Waals surface area contributed by atoms with Gasteiger partial charge in [0, 0.05) is 32.0 Å². The first-order valence-electron chi connectivity index (χ1n) is 5.70. The third-order valence-corrected chi connectivity index (χ3v) is 3.15. The SMILES string of the molecule is Cc1nc(CCNCc2c(F)ccc(Br)c2F)no1. The van der Waals surface area contributed by atoms with Crippen molar-refractivity contribution in [2.75, 3.05) is 6.54 Å². The number of halogens is 3. The summed E-state index contributed by atoms with van der Waals surface area (Å²) in [5.74, 6) is -0.0780. The van der Waals surface area contributed by atoms with Gasteiger partial charge < -0.3 is 9.84 Å². The van der Waals surface area contributed by atoms with E-state index in [2.05, 4.69) is 31.4 Å². The van der Waals surface area contributed by atoms with Crippen LogP contribution in [0.5, 0.6) is 0 Å². The smallest absolute Gasteiger partial charge is 0.223 e. The lowest BCUT2D eigenvalue weighted by Gasteiger charge is -2.07. The van der Waals surface area contributed by atoms with Crippen LogP contribution in [0.3, 0.4) is 0 Å². The second-order valence-corrected chi connectivity index (χ2v) is 4.83. The topological polar surface area (TPSA) is 51.0 Å². The molecule has 1 heterocycles. The molecule has 1 N–H and O–H groups in total. The molecule has 0 atom stereocenters. The molecule has 0 saturated heterocycles. The molecular weight excluding hydrogens is 320 g/mol. The molecule has 0 radical (unpaired) electrons. The highest BCUT2D eigenvalue weighted by Gasteiger charge is 2.11. The Balaban J connectivity index is 1.88. The van der Waals surface area contributed by atoms with Gasteiger partial charge in [-0.1, -0.05) is 5.16 Å². The van der Waals surface area contributed by atoms with Gasteiger partial charge in [-0.15, -0.1) is 0 Å². The summed E-state index contributed by atoms with van der Waals surface area (Å²) in [6.07, 6.45) is 0.536. The molecular formula is C12H12BrF2N3O. The van der Waals surface area contributed by atoms with Crippen LogP contribution in [0.2, 0.25) is 0 Å². The molecule has 2 rings (SSSR count). The molecule has 4 nitrogen and oxygen atoms in total. The summed E-state index contributed by atoms with van der Waals surface area (Å²) in [7, 11) is 0. The lowest BCUT2D eigenvalue weighted by Crippen LogP contribution is -2.19. The first kappa shape index (κ1) is 14.1. The summed E-state index contributed by atoms with van der Waals surface area (Å²) in [5.41, 5.74) is 0.0127. The molecule has 2 aromatic rings. The largest absolute Gasteiger partial charge is 0.340 e. The highest BCUT2D eigenvalue weighted by Crippen LogP contribution is 2.21. The van der Waals surface area contributed by atoms with Gasteiger partial charge in [-0.05, 0) is 28.1 Å². The van der Waals surface area contributed by atoms with Crippen molar-refractivity contribution in [3.63, 3.8) is 0 Å². The fourth-order valence-corrected chi connectivity index (χ4v) is 1.96. The van der Waals surface area contributed by atoms with E-state index in [0.29, 0.717) is 24.7 Å². The van der Waals surface area contributed by atoms with Crippen LogP contribution in [-0.2, 0) is 13.0 Å². The minimum Gasteiger partial charge on any atom is -0.340 e. The average Bonchev–Trinajstić information content (AvgIpc) is 2.79. The Morgan fingerprint density at radius 2 is 2.16 bits per heavy atom. The molecule has 0 saturated carbocycles. The van der Waals surface area contributed by atoms with E-state index in [9.17, 15) is 8.78 Å². The number of aromatic nitrogens is 2. The summed E-state index contributed by atoms with van der Waals surface area (Å²) >= 11 is 3.03. The fraction of sp³-hybridized carbons (Fsp3) is 0.333. The van der Waals surface area contributed by atoms with Crippen LogP contribution in [0.15, 0.2) is 21.1 Å². The maximum atomic E-state index is 13.6. The van der Waals surface area contributed by atoms with Gasteiger partial charge in [-0.3, -0.25) is 0 Å². The van der Waals surface area contributed by atoms with Crippen LogP contribution in [0, 0.1) is 18.6 Å². The van der Waals surface area contributed by atoms with Crippen molar-refractivity contribution in [1.82, 2.24) is 15.5 Å². The molecule has 0 aliphatic heterocycles. The number of aryl methyl sites for hydroxylation is 1. The second-order valence-electron chi connectivity index (χ2n) is 3.98. The monoisotopic (exact) mass is 331 g/mol. The van der Waals surface area contributed by atoms with Crippen LogP contribution in [0.25, 0.3) is 0 Å². The zero-order valence-corrected chi connectivity index (χ0v) is 11.8. The number of hydrogen-bond acceptors (Lipinski definition) is 4. The molecule has 102 valence electrons. The Labute approximate surface area is 117 Å². The molecule has 0 amide bonds. The maximum absolute atomic E-state index is 13.6. The Morgan fingerprint density at radius 1 is 1.37 bits per heavy atom. The molecule has 19 heavy (non-hydrogen) atoms. The molecule has 7 heteroatoms. The summed E-state index contributed by atoms with van der Waals surface area (Å²) < 4.78 is 32.2. The highest BCUT2D eigenvalue weighted by molar-refractivity contribution is 9.10. The van der Waals surface area contributed by atoms with Gasteiger partial charge in [0.15, 0.2) is 5.82 Å². The van der Waals surface area contributed by atoms with Gasteiger partial charge in [0.1, 0.15) is 11.6 Å². The van der Waals surface area contributed by atoms with E-state index < -0.39 is 11.6 Å². The van der Waals surface area contributed by atoms with Crippen LogP contribution >= 0.6 is 15.9 Å². The zero-order chi connectivity index (χ0) is 13.8. The van der Waals surface area contributed by atoms with Gasteiger partial charge in [0.05, 0.1) is 4.47 Å². The van der Waals surface area contributed by atoms with Crippen LogP contribution < -0.4 is 5.32 Å². The molecule has 1 aromatic carbocycles.